The lowest BCUT2D eigenvalue weighted by Crippen LogP contribution is -2.13. The molecule has 4 aromatic rings. The normalized spacial score (nSPS) is 11.3. The average molecular weight is 426 g/mol. The Balaban J connectivity index is 1.53. The number of para-hydroxylation sites is 1. The van der Waals surface area contributed by atoms with Crippen molar-refractivity contribution in [2.24, 2.45) is 0 Å². The number of nitrogens with zero attached hydrogens (tertiary/aromatic N) is 2. The third-order valence-corrected chi connectivity index (χ3v) is 5.51. The summed E-state index contributed by atoms with van der Waals surface area (Å²) in [4.78, 5) is 18.0. The van der Waals surface area contributed by atoms with E-state index in [1.165, 1.54) is 17.8 Å². The van der Waals surface area contributed by atoms with Crippen LogP contribution in [0.1, 0.15) is 16.9 Å². The van der Waals surface area contributed by atoms with E-state index < -0.39 is 5.91 Å². The van der Waals surface area contributed by atoms with Gasteiger partial charge in [0.25, 0.3) is 5.91 Å². The van der Waals surface area contributed by atoms with Gasteiger partial charge in [0.2, 0.25) is 0 Å². The zero-order chi connectivity index (χ0) is 21.8. The number of nitriles is 1. The quantitative estimate of drug-likeness (QED) is 0.307. The molecule has 0 aliphatic rings. The number of rotatable bonds is 5. The molecule has 2 heterocycles. The van der Waals surface area contributed by atoms with Gasteiger partial charge in [0, 0.05) is 28.2 Å². The molecule has 2 aromatic heterocycles. The van der Waals surface area contributed by atoms with Gasteiger partial charge in [-0.3, -0.25) is 9.78 Å². The Morgan fingerprint density at radius 1 is 1.10 bits per heavy atom. The van der Waals surface area contributed by atoms with Crippen molar-refractivity contribution in [3.63, 3.8) is 0 Å². The molecule has 2 aromatic carbocycles. The third-order valence-electron chi connectivity index (χ3n) is 4.54. The molecule has 0 saturated heterocycles. The molecule has 1 N–H and O–H groups in total. The van der Waals surface area contributed by atoms with E-state index >= 15 is 0 Å². The molecule has 0 aliphatic carbocycles. The monoisotopic (exact) mass is 425 g/mol. The number of furan rings is 1. The number of carbonyl (C=O) groups excluding carboxylic acids is 1. The fourth-order valence-electron chi connectivity index (χ4n) is 3.27. The van der Waals surface area contributed by atoms with Crippen LogP contribution in [0.2, 0.25) is 0 Å². The summed E-state index contributed by atoms with van der Waals surface area (Å²) in [5.41, 5.74) is 3.59. The number of carbonyl (C=O) groups is 1. The topological polar surface area (TPSA) is 78.9 Å². The largest absolute Gasteiger partial charge is 0.450 e. The zero-order valence-corrected chi connectivity index (χ0v) is 17.9. The lowest BCUT2D eigenvalue weighted by Gasteiger charge is -2.06. The van der Waals surface area contributed by atoms with Crippen molar-refractivity contribution in [1.29, 1.82) is 5.26 Å². The first-order valence-corrected chi connectivity index (χ1v) is 10.5. The van der Waals surface area contributed by atoms with E-state index in [2.05, 4.69) is 10.3 Å². The summed E-state index contributed by atoms with van der Waals surface area (Å²) in [5.74, 6) is -0.0424. The zero-order valence-electron chi connectivity index (χ0n) is 17.0. The number of aryl methyl sites for hydroxylation is 2. The number of amides is 1. The highest BCUT2D eigenvalue weighted by Gasteiger charge is 2.12. The van der Waals surface area contributed by atoms with Gasteiger partial charge in [-0.1, -0.05) is 24.3 Å². The maximum atomic E-state index is 12.6. The molecule has 0 aliphatic heterocycles. The first kappa shape index (κ1) is 20.5. The minimum Gasteiger partial charge on any atom is -0.450 e. The number of pyridine rings is 1. The molecule has 5 nitrogen and oxygen atoms in total. The third kappa shape index (κ3) is 4.85. The van der Waals surface area contributed by atoms with Crippen LogP contribution >= 0.6 is 11.8 Å². The molecule has 0 unspecified atom stereocenters. The van der Waals surface area contributed by atoms with E-state index in [-0.39, 0.29) is 5.57 Å². The first-order chi connectivity index (χ1) is 15.0. The van der Waals surface area contributed by atoms with Gasteiger partial charge >= 0.3 is 0 Å². The van der Waals surface area contributed by atoms with E-state index in [0.29, 0.717) is 16.5 Å². The van der Waals surface area contributed by atoms with Gasteiger partial charge in [-0.05, 0) is 73.1 Å². The molecule has 0 bridgehead atoms. The van der Waals surface area contributed by atoms with Crippen molar-refractivity contribution in [2.75, 3.05) is 5.32 Å². The van der Waals surface area contributed by atoms with Crippen molar-refractivity contribution in [3.05, 3.63) is 89.3 Å². The number of aromatic nitrogens is 1. The lowest BCUT2D eigenvalue weighted by molar-refractivity contribution is -0.112. The summed E-state index contributed by atoms with van der Waals surface area (Å²) < 4.78 is 5.84. The van der Waals surface area contributed by atoms with E-state index in [0.717, 1.165) is 26.9 Å². The highest BCUT2D eigenvalue weighted by atomic mass is 32.2. The molecule has 6 heteroatoms. The second-order valence-corrected chi connectivity index (χ2v) is 8.14. The summed E-state index contributed by atoms with van der Waals surface area (Å²) in [7, 11) is 0. The van der Waals surface area contributed by atoms with Crippen LogP contribution in [0.15, 0.2) is 86.8 Å². The Labute approximate surface area is 184 Å². The molecule has 0 saturated carbocycles. The summed E-state index contributed by atoms with van der Waals surface area (Å²) in [6, 6.07) is 21.1. The Morgan fingerprint density at radius 2 is 1.87 bits per heavy atom. The predicted octanol–water partition coefficient (Wildman–Crippen LogP) is 6.14. The van der Waals surface area contributed by atoms with Crippen LogP contribution < -0.4 is 5.32 Å². The number of benzene rings is 2. The van der Waals surface area contributed by atoms with Crippen molar-refractivity contribution >= 4 is 40.3 Å². The number of fused-ring (bicyclic) bond motifs is 1. The van der Waals surface area contributed by atoms with Crippen molar-refractivity contribution in [1.82, 2.24) is 4.98 Å². The Morgan fingerprint density at radius 3 is 2.65 bits per heavy atom. The van der Waals surface area contributed by atoms with Crippen LogP contribution in [0, 0.1) is 25.2 Å². The molecule has 0 spiro atoms. The van der Waals surface area contributed by atoms with Gasteiger partial charge in [-0.15, -0.1) is 0 Å². The number of hydrogen-bond acceptors (Lipinski definition) is 5. The summed E-state index contributed by atoms with van der Waals surface area (Å²) >= 11 is 1.44. The molecule has 4 rings (SSSR count). The van der Waals surface area contributed by atoms with Crippen molar-refractivity contribution in [2.45, 2.75) is 23.8 Å². The second kappa shape index (κ2) is 8.90. The van der Waals surface area contributed by atoms with Gasteiger partial charge in [0.1, 0.15) is 17.4 Å². The Kier molecular flexibility index (Phi) is 5.87. The molecule has 152 valence electrons. The second-order valence-electron chi connectivity index (χ2n) is 7.09. The van der Waals surface area contributed by atoms with Crippen LogP contribution in [0.4, 0.5) is 5.69 Å². The Hall–Kier alpha value is -3.82. The first-order valence-electron chi connectivity index (χ1n) is 9.65. The lowest BCUT2D eigenvalue weighted by atomic mass is 10.1. The maximum Gasteiger partial charge on any atom is 0.266 e. The van der Waals surface area contributed by atoms with E-state index in [1.54, 1.807) is 12.3 Å². The highest BCUT2D eigenvalue weighted by Crippen LogP contribution is 2.33. The smallest absolute Gasteiger partial charge is 0.266 e. The highest BCUT2D eigenvalue weighted by molar-refractivity contribution is 7.99. The van der Waals surface area contributed by atoms with E-state index in [4.69, 9.17) is 4.42 Å². The molecule has 0 fully saturated rings. The summed E-state index contributed by atoms with van der Waals surface area (Å²) in [6.45, 7) is 3.91. The van der Waals surface area contributed by atoms with Crippen LogP contribution in [-0.2, 0) is 4.79 Å². The van der Waals surface area contributed by atoms with Gasteiger partial charge < -0.3 is 9.73 Å². The van der Waals surface area contributed by atoms with Crippen LogP contribution in [-0.4, -0.2) is 10.9 Å². The molecular formula is C25H19N3O2S. The Bertz CT molecular complexity index is 1320. The van der Waals surface area contributed by atoms with Gasteiger partial charge in [-0.25, -0.2) is 0 Å². The number of hydrogen-bond donors (Lipinski definition) is 1. The molecule has 1 amide bonds. The minimum atomic E-state index is -0.476. The predicted molar refractivity (Wildman–Crippen MR) is 123 cm³/mol. The van der Waals surface area contributed by atoms with Crippen LogP contribution in [0.5, 0.6) is 0 Å². The van der Waals surface area contributed by atoms with Crippen LogP contribution in [0.3, 0.4) is 0 Å². The molecule has 31 heavy (non-hydrogen) atoms. The molecule has 0 radical (unpaired) electrons. The fourth-order valence-corrected chi connectivity index (χ4v) is 4.17. The van der Waals surface area contributed by atoms with E-state index in [1.807, 2.05) is 74.5 Å². The molecule has 0 atom stereocenters. The minimum absolute atomic E-state index is 0.0307. The maximum absolute atomic E-state index is 12.6. The van der Waals surface area contributed by atoms with Gasteiger partial charge in [-0.2, -0.15) is 5.26 Å². The van der Waals surface area contributed by atoms with Gasteiger partial charge in [0.15, 0.2) is 5.09 Å². The number of anilines is 1. The van der Waals surface area contributed by atoms with Gasteiger partial charge in [0.05, 0.1) is 5.52 Å². The van der Waals surface area contributed by atoms with Crippen molar-refractivity contribution < 1.29 is 9.21 Å². The van der Waals surface area contributed by atoms with E-state index in [9.17, 15) is 10.1 Å². The summed E-state index contributed by atoms with van der Waals surface area (Å²) in [6.07, 6.45) is 3.21. The van der Waals surface area contributed by atoms with Crippen LogP contribution in [0.25, 0.3) is 17.0 Å². The fraction of sp³-hybridized carbons (Fsp3) is 0.0800. The summed E-state index contributed by atoms with van der Waals surface area (Å²) in [5, 5.41) is 13.9. The SMILES string of the molecule is Cc1cc(C)cc(NC(=O)/C(C#N)=C/c2ccc(Sc3cccc4cccnc34)o2)c1. The standard InChI is InChI=1S/C25H19N3O2S/c1-16-11-17(2)13-20(12-16)28-25(29)19(15-26)14-21-8-9-23(30-21)31-22-7-3-5-18-6-4-10-27-24(18)22/h3-14H,1-2H3,(H,28,29)/b19-14+. The molecular weight excluding hydrogens is 406 g/mol. The number of nitrogens with one attached hydrogen (secondary N) is 1. The van der Waals surface area contributed by atoms with Crippen molar-refractivity contribution in [3.8, 4) is 6.07 Å². The average Bonchev–Trinajstić information content (AvgIpc) is 3.18.